The maximum absolute atomic E-state index is 12.5. The van der Waals surface area contributed by atoms with Crippen LogP contribution in [0.3, 0.4) is 0 Å². The minimum atomic E-state index is -3.69. The molecule has 5 heteroatoms. The summed E-state index contributed by atoms with van der Waals surface area (Å²) in [5, 5.41) is 0. The van der Waals surface area contributed by atoms with Crippen LogP contribution in [-0.4, -0.2) is 8.42 Å². The minimum absolute atomic E-state index is 0.139. The van der Waals surface area contributed by atoms with Crippen molar-refractivity contribution in [3.8, 4) is 0 Å². The summed E-state index contributed by atoms with van der Waals surface area (Å²) in [7, 11) is -3.69. The summed E-state index contributed by atoms with van der Waals surface area (Å²) in [5.41, 5.74) is 8.32. The van der Waals surface area contributed by atoms with Gasteiger partial charge in [0, 0.05) is 5.69 Å². The van der Waals surface area contributed by atoms with Gasteiger partial charge in [-0.05, 0) is 42.2 Å². The second kappa shape index (κ2) is 5.77. The number of nitrogens with two attached hydrogens (primary N) is 1. The first-order valence-corrected chi connectivity index (χ1v) is 8.27. The van der Waals surface area contributed by atoms with Crippen LogP contribution in [0.25, 0.3) is 0 Å². The first-order chi connectivity index (χ1) is 9.81. The first kappa shape index (κ1) is 15.4. The Bertz CT molecular complexity index is 732. The Hall–Kier alpha value is -2.01. The molecule has 2 aromatic rings. The van der Waals surface area contributed by atoms with E-state index in [0.717, 1.165) is 5.56 Å². The second-order valence-electron chi connectivity index (χ2n) is 5.38. The van der Waals surface area contributed by atoms with E-state index in [1.165, 1.54) is 0 Å². The van der Waals surface area contributed by atoms with Crippen LogP contribution in [0.2, 0.25) is 0 Å². The van der Waals surface area contributed by atoms with Gasteiger partial charge in [0.25, 0.3) is 10.0 Å². The predicted octanol–water partition coefficient (Wildman–Crippen LogP) is 3.50. The predicted molar refractivity (Wildman–Crippen MR) is 86.9 cm³/mol. The summed E-state index contributed by atoms with van der Waals surface area (Å²) in [4.78, 5) is 0.139. The van der Waals surface area contributed by atoms with Crippen molar-refractivity contribution in [2.75, 3.05) is 10.5 Å². The number of anilines is 2. The summed E-state index contributed by atoms with van der Waals surface area (Å²) in [6, 6.07) is 12.5. The number of aryl methyl sites for hydroxylation is 1. The quantitative estimate of drug-likeness (QED) is 0.849. The van der Waals surface area contributed by atoms with Gasteiger partial charge in [0.2, 0.25) is 0 Å². The van der Waals surface area contributed by atoms with Crippen molar-refractivity contribution in [3.05, 3.63) is 53.6 Å². The molecule has 0 aliphatic rings. The van der Waals surface area contributed by atoms with E-state index in [1.54, 1.807) is 31.2 Å². The summed E-state index contributed by atoms with van der Waals surface area (Å²) in [5.74, 6) is 0.331. The molecule has 2 rings (SSSR count). The molecule has 0 spiro atoms. The van der Waals surface area contributed by atoms with Crippen LogP contribution >= 0.6 is 0 Å². The van der Waals surface area contributed by atoms with Gasteiger partial charge in [0.05, 0.1) is 5.69 Å². The Morgan fingerprint density at radius 2 is 1.76 bits per heavy atom. The van der Waals surface area contributed by atoms with Crippen LogP contribution in [0.1, 0.15) is 30.9 Å². The number of hydrogen-bond donors (Lipinski definition) is 2. The maximum Gasteiger partial charge on any atom is 0.264 e. The second-order valence-corrected chi connectivity index (χ2v) is 7.00. The monoisotopic (exact) mass is 304 g/mol. The highest BCUT2D eigenvalue weighted by Gasteiger charge is 2.20. The molecular weight excluding hydrogens is 284 g/mol. The van der Waals surface area contributed by atoms with E-state index < -0.39 is 10.0 Å². The molecule has 0 fully saturated rings. The zero-order valence-electron chi connectivity index (χ0n) is 12.4. The summed E-state index contributed by atoms with van der Waals surface area (Å²) in [6.07, 6.45) is 0. The Balaban J connectivity index is 2.40. The van der Waals surface area contributed by atoms with E-state index in [2.05, 4.69) is 18.6 Å². The zero-order chi connectivity index (χ0) is 15.6. The molecule has 0 aliphatic heterocycles. The highest BCUT2D eigenvalue weighted by Crippen LogP contribution is 2.26. The van der Waals surface area contributed by atoms with Crippen LogP contribution in [0.4, 0.5) is 11.4 Å². The number of sulfonamides is 1. The summed E-state index contributed by atoms with van der Waals surface area (Å²) in [6.45, 7) is 5.86. The van der Waals surface area contributed by atoms with Crippen molar-refractivity contribution in [1.82, 2.24) is 0 Å². The molecule has 0 saturated carbocycles. The maximum atomic E-state index is 12.5. The topological polar surface area (TPSA) is 72.2 Å². The fourth-order valence-electron chi connectivity index (χ4n) is 2.21. The van der Waals surface area contributed by atoms with Crippen LogP contribution in [0.15, 0.2) is 47.4 Å². The van der Waals surface area contributed by atoms with Gasteiger partial charge in [-0.1, -0.05) is 38.1 Å². The standard InChI is InChI=1S/C16H20N2O2S/c1-11(2)13-7-5-8-14(10-13)18-21(19,20)16-12(3)6-4-9-15(16)17/h4-11,18H,17H2,1-3H3. The third kappa shape index (κ3) is 3.36. The average molecular weight is 304 g/mol. The van der Waals surface area contributed by atoms with Gasteiger partial charge < -0.3 is 5.73 Å². The molecule has 0 saturated heterocycles. The minimum Gasteiger partial charge on any atom is -0.398 e. The number of rotatable bonds is 4. The first-order valence-electron chi connectivity index (χ1n) is 6.79. The molecule has 0 unspecified atom stereocenters. The normalized spacial score (nSPS) is 11.6. The Kier molecular flexibility index (Phi) is 4.23. The van der Waals surface area contributed by atoms with Crippen molar-refractivity contribution in [1.29, 1.82) is 0 Å². The molecule has 0 aromatic heterocycles. The van der Waals surface area contributed by atoms with Crippen molar-refractivity contribution in [3.63, 3.8) is 0 Å². The Morgan fingerprint density at radius 1 is 1.10 bits per heavy atom. The Morgan fingerprint density at radius 3 is 2.38 bits per heavy atom. The SMILES string of the molecule is Cc1cccc(N)c1S(=O)(=O)Nc1cccc(C(C)C)c1. The largest absolute Gasteiger partial charge is 0.398 e. The molecule has 0 bridgehead atoms. The molecule has 112 valence electrons. The molecule has 0 atom stereocenters. The third-order valence-corrected chi connectivity index (χ3v) is 4.92. The number of benzene rings is 2. The van der Waals surface area contributed by atoms with Crippen molar-refractivity contribution < 1.29 is 8.42 Å². The van der Waals surface area contributed by atoms with Gasteiger partial charge in [-0.15, -0.1) is 0 Å². The number of nitrogens with one attached hydrogen (secondary N) is 1. The zero-order valence-corrected chi connectivity index (χ0v) is 13.2. The van der Waals surface area contributed by atoms with Crippen LogP contribution in [0, 0.1) is 6.92 Å². The molecule has 4 nitrogen and oxygen atoms in total. The lowest BCUT2D eigenvalue weighted by molar-refractivity contribution is 0.601. The number of nitrogen functional groups attached to an aromatic ring is 1. The van der Waals surface area contributed by atoms with Crippen LogP contribution in [-0.2, 0) is 10.0 Å². The van der Waals surface area contributed by atoms with Crippen molar-refractivity contribution in [2.45, 2.75) is 31.6 Å². The lowest BCUT2D eigenvalue weighted by atomic mass is 10.0. The van der Waals surface area contributed by atoms with Crippen molar-refractivity contribution in [2.24, 2.45) is 0 Å². The molecule has 0 heterocycles. The Labute approximate surface area is 126 Å². The van der Waals surface area contributed by atoms with E-state index in [-0.39, 0.29) is 10.6 Å². The molecule has 21 heavy (non-hydrogen) atoms. The number of hydrogen-bond acceptors (Lipinski definition) is 3. The van der Waals surface area contributed by atoms with E-state index >= 15 is 0 Å². The van der Waals surface area contributed by atoms with E-state index in [4.69, 9.17) is 5.73 Å². The third-order valence-electron chi connectivity index (χ3n) is 3.32. The van der Waals surface area contributed by atoms with Gasteiger partial charge in [0.1, 0.15) is 4.90 Å². The molecule has 0 radical (unpaired) electrons. The molecule has 0 amide bonds. The highest BCUT2D eigenvalue weighted by molar-refractivity contribution is 7.93. The van der Waals surface area contributed by atoms with E-state index in [9.17, 15) is 8.42 Å². The fraction of sp³-hybridized carbons (Fsp3) is 0.250. The van der Waals surface area contributed by atoms with Gasteiger partial charge in [-0.25, -0.2) is 8.42 Å². The lowest BCUT2D eigenvalue weighted by Gasteiger charge is -2.14. The van der Waals surface area contributed by atoms with E-state index in [1.807, 2.05) is 18.2 Å². The summed E-state index contributed by atoms with van der Waals surface area (Å²) < 4.78 is 27.7. The molecular formula is C16H20N2O2S. The van der Waals surface area contributed by atoms with Crippen LogP contribution in [0.5, 0.6) is 0 Å². The fourth-order valence-corrected chi connectivity index (χ4v) is 3.62. The highest BCUT2D eigenvalue weighted by atomic mass is 32.2. The summed E-state index contributed by atoms with van der Waals surface area (Å²) >= 11 is 0. The molecule has 2 aromatic carbocycles. The molecule has 0 aliphatic carbocycles. The van der Waals surface area contributed by atoms with Gasteiger partial charge in [0.15, 0.2) is 0 Å². The van der Waals surface area contributed by atoms with Gasteiger partial charge in [-0.3, -0.25) is 4.72 Å². The van der Waals surface area contributed by atoms with Crippen LogP contribution < -0.4 is 10.5 Å². The average Bonchev–Trinajstić information content (AvgIpc) is 2.37. The van der Waals surface area contributed by atoms with E-state index in [0.29, 0.717) is 17.2 Å². The van der Waals surface area contributed by atoms with Gasteiger partial charge >= 0.3 is 0 Å². The van der Waals surface area contributed by atoms with Gasteiger partial charge in [-0.2, -0.15) is 0 Å². The van der Waals surface area contributed by atoms with Crippen molar-refractivity contribution >= 4 is 21.4 Å². The smallest absolute Gasteiger partial charge is 0.264 e. The molecule has 3 N–H and O–H groups in total. The lowest BCUT2D eigenvalue weighted by Crippen LogP contribution is -2.16.